The predicted octanol–water partition coefficient (Wildman–Crippen LogP) is 5.27. The zero-order valence-electron chi connectivity index (χ0n) is 19.3. The van der Waals surface area contributed by atoms with Crippen LogP contribution in [0.5, 0.6) is 0 Å². The lowest BCUT2D eigenvalue weighted by Gasteiger charge is -2.24. The molecule has 174 valence electrons. The first-order valence-corrected chi connectivity index (χ1v) is 10.0. The fraction of sp³-hybridized carbons (Fsp3) is 0.250. The molecule has 0 spiro atoms. The summed E-state index contributed by atoms with van der Waals surface area (Å²) in [6, 6.07) is 6.66. The standard InChI is InChI=1S/C24H27F2N5O2/c1-7-9-21(32)17-10-8-11-19(13-17)31(5)22-20(24(3,25)26)15-28-23(30-22)29-18(14-27-4)12-16(2)33-6/h7-15H,2H2,1,3-6H3,(H,28,29,30)/b9-7+,18-12+,27-14?. The van der Waals surface area contributed by atoms with Gasteiger partial charge in [-0.15, -0.1) is 0 Å². The monoisotopic (exact) mass is 455 g/mol. The van der Waals surface area contributed by atoms with E-state index in [4.69, 9.17) is 4.74 Å². The van der Waals surface area contributed by atoms with Gasteiger partial charge in [-0.05, 0) is 25.1 Å². The van der Waals surface area contributed by atoms with Gasteiger partial charge in [0.2, 0.25) is 5.95 Å². The van der Waals surface area contributed by atoms with Crippen LogP contribution in [0.4, 0.5) is 26.2 Å². The maximum Gasteiger partial charge on any atom is 0.275 e. The molecule has 0 saturated heterocycles. The van der Waals surface area contributed by atoms with E-state index in [1.807, 2.05) is 0 Å². The predicted molar refractivity (Wildman–Crippen MR) is 128 cm³/mol. The molecule has 0 unspecified atom stereocenters. The zero-order valence-corrected chi connectivity index (χ0v) is 19.3. The number of ether oxygens (including phenoxy) is 1. The molecule has 33 heavy (non-hydrogen) atoms. The van der Waals surface area contributed by atoms with Crippen molar-refractivity contribution in [3.8, 4) is 0 Å². The number of benzene rings is 1. The van der Waals surface area contributed by atoms with Gasteiger partial charge in [-0.25, -0.2) is 13.8 Å². The van der Waals surface area contributed by atoms with Crippen LogP contribution in [-0.4, -0.2) is 43.2 Å². The van der Waals surface area contributed by atoms with E-state index in [1.165, 1.54) is 24.3 Å². The summed E-state index contributed by atoms with van der Waals surface area (Å²) in [4.78, 5) is 26.0. The summed E-state index contributed by atoms with van der Waals surface area (Å²) >= 11 is 0. The molecule has 0 fully saturated rings. The molecule has 0 radical (unpaired) electrons. The molecule has 9 heteroatoms. The second-order valence-corrected chi connectivity index (χ2v) is 7.08. The van der Waals surface area contributed by atoms with Gasteiger partial charge in [0.05, 0.1) is 18.4 Å². The molecule has 2 rings (SSSR count). The van der Waals surface area contributed by atoms with Crippen LogP contribution < -0.4 is 10.2 Å². The number of allylic oxidation sites excluding steroid dienone is 4. The highest BCUT2D eigenvalue weighted by atomic mass is 19.3. The molecule has 0 bridgehead atoms. The summed E-state index contributed by atoms with van der Waals surface area (Å²) in [5, 5.41) is 2.93. The first kappa shape index (κ1) is 25.4. The number of rotatable bonds is 10. The minimum absolute atomic E-state index is 0.0195. The van der Waals surface area contributed by atoms with Crippen LogP contribution in [0.1, 0.15) is 29.8 Å². The molecule has 2 aromatic rings. The van der Waals surface area contributed by atoms with Gasteiger partial charge in [-0.1, -0.05) is 24.8 Å². The number of carbonyl (C=O) groups excluding carboxylic acids is 1. The SMILES string of the molecule is C=C(/C=C(\C=NC)Nc1ncc(C(C)(F)F)c(N(C)c2cccc(C(=O)/C=C/C)c2)n1)OC. The lowest BCUT2D eigenvalue weighted by molar-refractivity contribution is 0.0174. The minimum atomic E-state index is -3.20. The number of alkyl halides is 2. The second-order valence-electron chi connectivity index (χ2n) is 7.08. The Morgan fingerprint density at radius 3 is 2.70 bits per heavy atom. The quantitative estimate of drug-likeness (QED) is 0.173. The Morgan fingerprint density at radius 1 is 1.36 bits per heavy atom. The number of nitrogens with one attached hydrogen (secondary N) is 1. The smallest absolute Gasteiger partial charge is 0.275 e. The molecule has 1 heterocycles. The van der Waals surface area contributed by atoms with Gasteiger partial charge in [-0.2, -0.15) is 4.98 Å². The number of halogens is 2. The Labute approximate surface area is 192 Å². The molecular formula is C24H27F2N5O2. The van der Waals surface area contributed by atoms with Crippen LogP contribution in [0.15, 0.2) is 71.7 Å². The summed E-state index contributed by atoms with van der Waals surface area (Å²) in [6.07, 6.45) is 7.21. The molecule has 1 N–H and O–H groups in total. The summed E-state index contributed by atoms with van der Waals surface area (Å²) < 4.78 is 33.8. The number of anilines is 3. The lowest BCUT2D eigenvalue weighted by Crippen LogP contribution is -2.21. The largest absolute Gasteiger partial charge is 0.497 e. The number of ketones is 1. The Bertz CT molecular complexity index is 1100. The molecule has 0 aliphatic heterocycles. The van der Waals surface area contributed by atoms with Gasteiger partial charge >= 0.3 is 0 Å². The fourth-order valence-corrected chi connectivity index (χ4v) is 2.84. The Hall–Kier alpha value is -3.88. The van der Waals surface area contributed by atoms with E-state index in [0.29, 0.717) is 22.7 Å². The highest BCUT2D eigenvalue weighted by molar-refractivity contribution is 6.05. The van der Waals surface area contributed by atoms with Crippen molar-refractivity contribution in [2.75, 3.05) is 31.4 Å². The van der Waals surface area contributed by atoms with Gasteiger partial charge in [0.1, 0.15) is 11.6 Å². The Balaban J connectivity index is 2.54. The third-order valence-electron chi connectivity index (χ3n) is 4.50. The first-order valence-electron chi connectivity index (χ1n) is 10.0. The number of carbonyl (C=O) groups is 1. The van der Waals surface area contributed by atoms with Crippen molar-refractivity contribution in [3.63, 3.8) is 0 Å². The maximum absolute atomic E-state index is 14.4. The minimum Gasteiger partial charge on any atom is -0.497 e. The highest BCUT2D eigenvalue weighted by Crippen LogP contribution is 2.36. The van der Waals surface area contributed by atoms with E-state index in [-0.39, 0.29) is 23.1 Å². The normalized spacial score (nSPS) is 12.3. The number of hydrogen-bond acceptors (Lipinski definition) is 7. The Morgan fingerprint density at radius 2 is 2.09 bits per heavy atom. The Kier molecular flexibility index (Phi) is 8.56. The van der Waals surface area contributed by atoms with E-state index in [9.17, 15) is 13.6 Å². The second kappa shape index (κ2) is 11.1. The van der Waals surface area contributed by atoms with Crippen molar-refractivity contribution in [2.45, 2.75) is 19.8 Å². The molecule has 0 saturated carbocycles. The maximum atomic E-state index is 14.4. The highest BCUT2D eigenvalue weighted by Gasteiger charge is 2.31. The van der Waals surface area contributed by atoms with Gasteiger partial charge in [0.15, 0.2) is 5.78 Å². The van der Waals surface area contributed by atoms with E-state index < -0.39 is 5.92 Å². The van der Waals surface area contributed by atoms with Crippen LogP contribution in [0.3, 0.4) is 0 Å². The number of methoxy groups -OCH3 is 1. The van der Waals surface area contributed by atoms with Crippen LogP contribution in [0, 0.1) is 0 Å². The average Bonchev–Trinajstić information content (AvgIpc) is 2.78. The van der Waals surface area contributed by atoms with Crippen molar-refractivity contribution in [1.82, 2.24) is 9.97 Å². The van der Waals surface area contributed by atoms with Gasteiger partial charge in [-0.3, -0.25) is 9.79 Å². The summed E-state index contributed by atoms with van der Waals surface area (Å²) in [7, 11) is 4.64. The lowest BCUT2D eigenvalue weighted by atomic mass is 10.1. The fourth-order valence-electron chi connectivity index (χ4n) is 2.84. The van der Waals surface area contributed by atoms with Crippen molar-refractivity contribution >= 4 is 29.5 Å². The number of nitrogens with zero attached hydrogens (tertiary/aromatic N) is 4. The van der Waals surface area contributed by atoms with Gasteiger partial charge in [0.25, 0.3) is 5.92 Å². The van der Waals surface area contributed by atoms with E-state index in [0.717, 1.165) is 13.1 Å². The first-order chi connectivity index (χ1) is 15.6. The number of hydrogen-bond donors (Lipinski definition) is 1. The van der Waals surface area contributed by atoms with Crippen LogP contribution in [0.2, 0.25) is 0 Å². The van der Waals surface area contributed by atoms with Crippen LogP contribution >= 0.6 is 0 Å². The van der Waals surface area contributed by atoms with Gasteiger partial charge < -0.3 is 15.0 Å². The van der Waals surface area contributed by atoms with Crippen molar-refractivity contribution < 1.29 is 18.3 Å². The van der Waals surface area contributed by atoms with E-state index in [1.54, 1.807) is 57.4 Å². The summed E-state index contributed by atoms with van der Waals surface area (Å²) in [5.74, 6) is -2.98. The molecule has 0 aliphatic carbocycles. The van der Waals surface area contributed by atoms with Crippen molar-refractivity contribution in [3.05, 3.63) is 77.9 Å². The van der Waals surface area contributed by atoms with Crippen LogP contribution in [-0.2, 0) is 10.7 Å². The topological polar surface area (TPSA) is 79.7 Å². The van der Waals surface area contributed by atoms with Crippen molar-refractivity contribution in [2.24, 2.45) is 4.99 Å². The number of aliphatic imine (C=N–C) groups is 1. The third kappa shape index (κ3) is 6.80. The van der Waals surface area contributed by atoms with E-state index in [2.05, 4.69) is 26.9 Å². The molecule has 7 nitrogen and oxygen atoms in total. The molecule has 0 aliphatic rings. The summed E-state index contributed by atoms with van der Waals surface area (Å²) in [5.41, 5.74) is 1.03. The molecule has 0 atom stereocenters. The van der Waals surface area contributed by atoms with Gasteiger partial charge in [0, 0.05) is 50.8 Å². The zero-order chi connectivity index (χ0) is 24.6. The number of aromatic nitrogens is 2. The van der Waals surface area contributed by atoms with Crippen molar-refractivity contribution in [1.29, 1.82) is 0 Å². The average molecular weight is 456 g/mol. The third-order valence-corrected chi connectivity index (χ3v) is 4.50. The summed E-state index contributed by atoms with van der Waals surface area (Å²) in [6.45, 7) is 6.24. The molecule has 1 aromatic heterocycles. The molecule has 0 amide bonds. The molecular weight excluding hydrogens is 428 g/mol. The van der Waals surface area contributed by atoms with Crippen LogP contribution in [0.25, 0.3) is 0 Å². The van der Waals surface area contributed by atoms with E-state index >= 15 is 0 Å². The molecule has 1 aromatic carbocycles.